The molecule has 0 aromatic carbocycles. The van der Waals surface area contributed by atoms with Crippen LogP contribution in [0.25, 0.3) is 0 Å². The van der Waals surface area contributed by atoms with Crippen molar-refractivity contribution in [3.63, 3.8) is 0 Å². The van der Waals surface area contributed by atoms with Gasteiger partial charge >= 0.3 is 0 Å². The zero-order valence-electron chi connectivity index (χ0n) is 11.0. The molecule has 1 amide bonds. The largest absolute Gasteiger partial charge is 0.377 e. The molecule has 0 saturated carbocycles. The van der Waals surface area contributed by atoms with E-state index in [2.05, 4.69) is 15.5 Å². The molecule has 0 spiro atoms. The zero-order chi connectivity index (χ0) is 13.9. The van der Waals surface area contributed by atoms with Crippen LogP contribution in [0.2, 0.25) is 0 Å². The summed E-state index contributed by atoms with van der Waals surface area (Å²) in [5.41, 5.74) is -0.736. The van der Waals surface area contributed by atoms with Gasteiger partial charge in [-0.25, -0.2) is 0 Å². The second-order valence-electron chi connectivity index (χ2n) is 4.51. The van der Waals surface area contributed by atoms with Gasteiger partial charge in [0.1, 0.15) is 12.1 Å². The number of carbonyl (C=O) groups is 1. The fourth-order valence-corrected chi connectivity index (χ4v) is 2.12. The highest BCUT2D eigenvalue weighted by Crippen LogP contribution is 2.20. The second kappa shape index (κ2) is 5.50. The highest BCUT2D eigenvalue weighted by atomic mass is 32.1. The summed E-state index contributed by atoms with van der Waals surface area (Å²) in [5.74, 6) is 0.645. The summed E-state index contributed by atoms with van der Waals surface area (Å²) in [7, 11) is 1.56. The molecule has 6 nitrogen and oxygen atoms in total. The van der Waals surface area contributed by atoms with Crippen molar-refractivity contribution in [2.24, 2.45) is 0 Å². The Labute approximate surface area is 114 Å². The molecular formula is C12H15N3O3S. The summed E-state index contributed by atoms with van der Waals surface area (Å²) >= 11 is 1.38. The first kappa shape index (κ1) is 13.7. The lowest BCUT2D eigenvalue weighted by molar-refractivity contribution is 0.0899. The van der Waals surface area contributed by atoms with Crippen molar-refractivity contribution in [2.45, 2.75) is 26.0 Å². The summed E-state index contributed by atoms with van der Waals surface area (Å²) in [6.07, 6.45) is 0. The van der Waals surface area contributed by atoms with Gasteiger partial charge in [0.2, 0.25) is 0 Å². The third kappa shape index (κ3) is 3.18. The van der Waals surface area contributed by atoms with Crippen molar-refractivity contribution in [2.75, 3.05) is 7.11 Å². The molecule has 0 atom stereocenters. The SMILES string of the molecule is COCc1noc(C(C)(C)NC(=O)c2cccs2)n1. The van der Waals surface area contributed by atoms with Crippen molar-refractivity contribution in [1.29, 1.82) is 0 Å². The van der Waals surface area contributed by atoms with Crippen LogP contribution in [0.3, 0.4) is 0 Å². The van der Waals surface area contributed by atoms with Gasteiger partial charge < -0.3 is 14.6 Å². The molecule has 0 aliphatic carbocycles. The molecule has 2 aromatic rings. The molecule has 0 radical (unpaired) electrons. The topological polar surface area (TPSA) is 77.3 Å². The maximum absolute atomic E-state index is 12.0. The molecule has 19 heavy (non-hydrogen) atoms. The van der Waals surface area contributed by atoms with Gasteiger partial charge in [-0.15, -0.1) is 11.3 Å². The number of nitrogens with one attached hydrogen (secondary N) is 1. The summed E-state index contributed by atoms with van der Waals surface area (Å²) in [5, 5.41) is 8.50. The lowest BCUT2D eigenvalue weighted by atomic mass is 10.1. The number of carbonyl (C=O) groups excluding carboxylic acids is 1. The Morgan fingerprint density at radius 3 is 3.00 bits per heavy atom. The minimum atomic E-state index is -0.736. The zero-order valence-corrected chi connectivity index (χ0v) is 11.8. The van der Waals surface area contributed by atoms with Crippen LogP contribution < -0.4 is 5.32 Å². The number of nitrogens with zero attached hydrogens (tertiary/aromatic N) is 2. The number of aromatic nitrogens is 2. The third-order valence-electron chi connectivity index (χ3n) is 2.45. The monoisotopic (exact) mass is 281 g/mol. The Kier molecular flexibility index (Phi) is 3.96. The average Bonchev–Trinajstić information content (AvgIpc) is 2.99. The molecule has 0 fully saturated rings. The van der Waals surface area contributed by atoms with E-state index < -0.39 is 5.54 Å². The van der Waals surface area contributed by atoms with Crippen LogP contribution in [0.5, 0.6) is 0 Å². The Balaban J connectivity index is 2.10. The number of thiophene rings is 1. The third-order valence-corrected chi connectivity index (χ3v) is 3.32. The normalized spacial score (nSPS) is 11.5. The second-order valence-corrected chi connectivity index (χ2v) is 5.45. The maximum Gasteiger partial charge on any atom is 0.262 e. The van der Waals surface area contributed by atoms with Gasteiger partial charge in [-0.05, 0) is 25.3 Å². The van der Waals surface area contributed by atoms with E-state index in [0.717, 1.165) is 0 Å². The van der Waals surface area contributed by atoms with Crippen molar-refractivity contribution in [3.8, 4) is 0 Å². The number of methoxy groups -OCH3 is 1. The van der Waals surface area contributed by atoms with Crippen LogP contribution >= 0.6 is 11.3 Å². The van der Waals surface area contributed by atoms with Crippen molar-refractivity contribution in [1.82, 2.24) is 15.5 Å². The van der Waals surface area contributed by atoms with E-state index >= 15 is 0 Å². The van der Waals surface area contributed by atoms with Gasteiger partial charge in [0.05, 0.1) is 4.88 Å². The fourth-order valence-electron chi connectivity index (χ4n) is 1.50. The van der Waals surface area contributed by atoms with Crippen LogP contribution in [0.15, 0.2) is 22.0 Å². The molecule has 102 valence electrons. The minimum absolute atomic E-state index is 0.161. The van der Waals surface area contributed by atoms with Gasteiger partial charge in [-0.3, -0.25) is 4.79 Å². The quantitative estimate of drug-likeness (QED) is 0.906. The van der Waals surface area contributed by atoms with Crippen LogP contribution in [0.1, 0.15) is 35.2 Å². The highest BCUT2D eigenvalue weighted by molar-refractivity contribution is 7.12. The lowest BCUT2D eigenvalue weighted by Gasteiger charge is -2.21. The Morgan fingerprint density at radius 2 is 2.37 bits per heavy atom. The molecule has 2 aromatic heterocycles. The average molecular weight is 281 g/mol. The summed E-state index contributed by atoms with van der Waals surface area (Å²) in [6, 6.07) is 3.59. The van der Waals surface area contributed by atoms with Gasteiger partial charge in [0, 0.05) is 7.11 Å². The highest BCUT2D eigenvalue weighted by Gasteiger charge is 2.30. The smallest absolute Gasteiger partial charge is 0.262 e. The van der Waals surface area contributed by atoms with Crippen molar-refractivity contribution in [3.05, 3.63) is 34.1 Å². The first-order valence-corrected chi connectivity index (χ1v) is 6.59. The molecule has 0 saturated heterocycles. The molecule has 2 rings (SSSR count). The molecule has 0 aliphatic rings. The van der Waals surface area contributed by atoms with Crippen LogP contribution in [0, 0.1) is 0 Å². The summed E-state index contributed by atoms with van der Waals surface area (Å²) in [6.45, 7) is 3.89. The lowest BCUT2D eigenvalue weighted by Crippen LogP contribution is -2.41. The van der Waals surface area contributed by atoms with E-state index in [1.54, 1.807) is 13.2 Å². The van der Waals surface area contributed by atoms with E-state index in [0.29, 0.717) is 16.6 Å². The van der Waals surface area contributed by atoms with E-state index in [4.69, 9.17) is 9.26 Å². The number of hydrogen-bond donors (Lipinski definition) is 1. The standard InChI is InChI=1S/C12H15N3O3S/c1-12(2,11-13-9(7-17-3)15-18-11)14-10(16)8-5-4-6-19-8/h4-6H,7H2,1-3H3,(H,14,16). The predicted octanol–water partition coefficient (Wildman–Crippen LogP) is 1.94. The molecule has 7 heteroatoms. The van der Waals surface area contributed by atoms with E-state index in [1.165, 1.54) is 11.3 Å². The minimum Gasteiger partial charge on any atom is -0.377 e. The van der Waals surface area contributed by atoms with Gasteiger partial charge in [-0.2, -0.15) is 4.98 Å². The molecule has 0 aliphatic heterocycles. The van der Waals surface area contributed by atoms with E-state index in [-0.39, 0.29) is 12.5 Å². The summed E-state index contributed by atoms with van der Waals surface area (Å²) in [4.78, 5) is 16.8. The van der Waals surface area contributed by atoms with E-state index in [9.17, 15) is 4.79 Å². The van der Waals surface area contributed by atoms with Crippen LogP contribution in [-0.2, 0) is 16.9 Å². The van der Waals surface area contributed by atoms with Gasteiger partial charge in [0.25, 0.3) is 11.8 Å². The Bertz CT molecular complexity index is 548. The number of ether oxygens (including phenoxy) is 1. The maximum atomic E-state index is 12.0. The summed E-state index contributed by atoms with van der Waals surface area (Å²) < 4.78 is 10.1. The predicted molar refractivity (Wildman–Crippen MR) is 69.8 cm³/mol. The van der Waals surface area contributed by atoms with E-state index in [1.807, 2.05) is 25.3 Å². The van der Waals surface area contributed by atoms with Gasteiger partial charge in [0.15, 0.2) is 5.82 Å². The molecule has 0 unspecified atom stereocenters. The van der Waals surface area contributed by atoms with Crippen molar-refractivity contribution >= 4 is 17.2 Å². The number of hydrogen-bond acceptors (Lipinski definition) is 6. The Morgan fingerprint density at radius 1 is 1.58 bits per heavy atom. The number of rotatable bonds is 5. The molecule has 1 N–H and O–H groups in total. The first-order valence-electron chi connectivity index (χ1n) is 5.71. The van der Waals surface area contributed by atoms with Crippen LogP contribution in [0.4, 0.5) is 0 Å². The molecule has 0 bridgehead atoms. The first-order chi connectivity index (χ1) is 9.03. The van der Waals surface area contributed by atoms with Crippen molar-refractivity contribution < 1.29 is 14.1 Å². The van der Waals surface area contributed by atoms with Crippen LogP contribution in [-0.4, -0.2) is 23.2 Å². The van der Waals surface area contributed by atoms with Gasteiger partial charge in [-0.1, -0.05) is 11.2 Å². The molecular weight excluding hydrogens is 266 g/mol. The fraction of sp³-hybridized carbons (Fsp3) is 0.417. The Hall–Kier alpha value is -1.73. The number of amides is 1. The molecule has 2 heterocycles.